The van der Waals surface area contributed by atoms with Crippen molar-refractivity contribution in [1.82, 2.24) is 14.4 Å². The van der Waals surface area contributed by atoms with Crippen molar-refractivity contribution in [3.63, 3.8) is 0 Å². The maximum absolute atomic E-state index is 11.2. The molecular formula is C23H17N5O2. The van der Waals surface area contributed by atoms with Crippen molar-refractivity contribution >= 4 is 34.3 Å². The fourth-order valence-corrected chi connectivity index (χ4v) is 3.66. The zero-order valence-electron chi connectivity index (χ0n) is 16.1. The van der Waals surface area contributed by atoms with Crippen LogP contribution in [0.5, 0.6) is 0 Å². The maximum atomic E-state index is 11.2. The van der Waals surface area contributed by atoms with E-state index in [9.17, 15) is 10.1 Å². The van der Waals surface area contributed by atoms with Crippen molar-refractivity contribution in [2.75, 3.05) is 0 Å². The van der Waals surface area contributed by atoms with E-state index in [2.05, 4.69) is 16.0 Å². The smallest absolute Gasteiger partial charge is 0.270 e. The standard InChI is InChI=1S/C23H17N5O2/c1-15-19(18-9-2-3-10-20(18)25-15)14-24-23-22(26-21-11-4-5-12-27(21)23)16-7-6-8-17(13-16)28(29)30/h2-14,25H,1H3/b24-14+. The van der Waals surface area contributed by atoms with Gasteiger partial charge in [0.2, 0.25) is 0 Å². The number of aromatic nitrogens is 3. The van der Waals surface area contributed by atoms with Gasteiger partial charge in [-0.15, -0.1) is 0 Å². The minimum absolute atomic E-state index is 0.0203. The number of hydrogen-bond acceptors (Lipinski definition) is 4. The highest BCUT2D eigenvalue weighted by atomic mass is 16.6. The summed E-state index contributed by atoms with van der Waals surface area (Å²) in [6, 6.07) is 20.2. The molecule has 1 N–H and O–H groups in total. The van der Waals surface area contributed by atoms with E-state index >= 15 is 0 Å². The van der Waals surface area contributed by atoms with E-state index in [0.29, 0.717) is 17.1 Å². The lowest BCUT2D eigenvalue weighted by Crippen LogP contribution is -1.89. The summed E-state index contributed by atoms with van der Waals surface area (Å²) in [5, 5.41) is 12.3. The zero-order chi connectivity index (χ0) is 20.7. The van der Waals surface area contributed by atoms with Crippen LogP contribution in [0.3, 0.4) is 0 Å². The molecule has 0 saturated heterocycles. The first-order valence-corrected chi connectivity index (χ1v) is 9.45. The number of non-ortho nitro benzene ring substituents is 1. The summed E-state index contributed by atoms with van der Waals surface area (Å²) in [5.41, 5.74) is 5.06. The molecule has 0 radical (unpaired) electrons. The summed E-state index contributed by atoms with van der Waals surface area (Å²) in [5.74, 6) is 0.621. The molecule has 0 fully saturated rings. The largest absolute Gasteiger partial charge is 0.358 e. The SMILES string of the molecule is Cc1[nH]c2ccccc2c1/C=N/c1c(-c2cccc([N+](=O)[O-])c2)nc2ccccn12. The van der Waals surface area contributed by atoms with Crippen LogP contribution in [0.4, 0.5) is 11.5 Å². The number of aliphatic imine (C=N–C) groups is 1. The second-order valence-electron chi connectivity index (χ2n) is 6.99. The van der Waals surface area contributed by atoms with Crippen LogP contribution in [0.15, 0.2) is 77.9 Å². The predicted octanol–water partition coefficient (Wildman–Crippen LogP) is 5.45. The van der Waals surface area contributed by atoms with Crippen LogP contribution in [0.2, 0.25) is 0 Å². The van der Waals surface area contributed by atoms with Gasteiger partial charge >= 0.3 is 0 Å². The van der Waals surface area contributed by atoms with Gasteiger partial charge < -0.3 is 4.98 Å². The zero-order valence-corrected chi connectivity index (χ0v) is 16.1. The van der Waals surface area contributed by atoms with Gasteiger partial charge in [0.05, 0.1) is 4.92 Å². The molecule has 0 aliphatic carbocycles. The third-order valence-electron chi connectivity index (χ3n) is 5.09. The van der Waals surface area contributed by atoms with Gasteiger partial charge in [-0.2, -0.15) is 0 Å². The van der Waals surface area contributed by atoms with Crippen LogP contribution in [-0.4, -0.2) is 25.5 Å². The lowest BCUT2D eigenvalue weighted by Gasteiger charge is -2.01. The number of pyridine rings is 1. The second-order valence-corrected chi connectivity index (χ2v) is 6.99. The van der Waals surface area contributed by atoms with Crippen molar-refractivity contribution in [3.8, 4) is 11.3 Å². The molecule has 0 saturated carbocycles. The van der Waals surface area contributed by atoms with Crippen LogP contribution in [0, 0.1) is 17.0 Å². The van der Waals surface area contributed by atoms with Crippen molar-refractivity contribution < 1.29 is 4.92 Å². The molecule has 2 aromatic carbocycles. The molecule has 0 unspecified atom stereocenters. The second kappa shape index (κ2) is 6.97. The molecule has 0 amide bonds. The number of rotatable bonds is 4. The molecule has 7 heteroatoms. The topological polar surface area (TPSA) is 88.6 Å². The van der Waals surface area contributed by atoms with Crippen LogP contribution in [-0.2, 0) is 0 Å². The molecule has 0 aliphatic heterocycles. The van der Waals surface area contributed by atoms with Crippen LogP contribution in [0.25, 0.3) is 27.8 Å². The number of aromatic amines is 1. The molecule has 5 rings (SSSR count). The van der Waals surface area contributed by atoms with Crippen LogP contribution >= 0.6 is 0 Å². The van der Waals surface area contributed by atoms with Crippen molar-refractivity contribution in [1.29, 1.82) is 0 Å². The highest BCUT2D eigenvalue weighted by Gasteiger charge is 2.16. The fourth-order valence-electron chi connectivity index (χ4n) is 3.66. The third-order valence-corrected chi connectivity index (χ3v) is 5.09. The number of aryl methyl sites for hydroxylation is 1. The fraction of sp³-hybridized carbons (Fsp3) is 0.0435. The first kappa shape index (κ1) is 17.8. The number of nitro groups is 1. The highest BCUT2D eigenvalue weighted by Crippen LogP contribution is 2.33. The molecule has 30 heavy (non-hydrogen) atoms. The number of para-hydroxylation sites is 1. The Morgan fingerprint density at radius 1 is 1.10 bits per heavy atom. The number of imidazole rings is 1. The quantitative estimate of drug-likeness (QED) is 0.249. The Labute approximate surface area is 171 Å². The summed E-state index contributed by atoms with van der Waals surface area (Å²) in [6.45, 7) is 2.01. The maximum Gasteiger partial charge on any atom is 0.270 e. The molecular weight excluding hydrogens is 378 g/mol. The summed E-state index contributed by atoms with van der Waals surface area (Å²) < 4.78 is 1.88. The Hall–Kier alpha value is -4.26. The van der Waals surface area contributed by atoms with E-state index in [4.69, 9.17) is 4.99 Å². The Kier molecular flexibility index (Phi) is 4.14. The Balaban J connectivity index is 1.70. The molecule has 0 spiro atoms. The lowest BCUT2D eigenvalue weighted by molar-refractivity contribution is -0.384. The summed E-state index contributed by atoms with van der Waals surface area (Å²) >= 11 is 0. The minimum atomic E-state index is -0.405. The van der Waals surface area contributed by atoms with E-state index in [-0.39, 0.29) is 5.69 Å². The van der Waals surface area contributed by atoms with Gasteiger partial charge in [0, 0.05) is 52.3 Å². The van der Waals surface area contributed by atoms with E-state index in [1.165, 1.54) is 12.1 Å². The minimum Gasteiger partial charge on any atom is -0.358 e. The highest BCUT2D eigenvalue weighted by molar-refractivity contribution is 6.01. The van der Waals surface area contributed by atoms with Gasteiger partial charge in [-0.05, 0) is 25.1 Å². The van der Waals surface area contributed by atoms with Crippen molar-refractivity contribution in [2.24, 2.45) is 4.99 Å². The molecule has 0 atom stereocenters. The predicted molar refractivity (Wildman–Crippen MR) is 118 cm³/mol. The number of hydrogen-bond donors (Lipinski definition) is 1. The Morgan fingerprint density at radius 3 is 2.80 bits per heavy atom. The van der Waals surface area contributed by atoms with Gasteiger partial charge in [-0.25, -0.2) is 9.98 Å². The average molecular weight is 395 g/mol. The molecule has 3 heterocycles. The first-order chi connectivity index (χ1) is 14.6. The van der Waals surface area contributed by atoms with Crippen molar-refractivity contribution in [3.05, 3.63) is 94.3 Å². The number of benzene rings is 2. The van der Waals surface area contributed by atoms with E-state index < -0.39 is 4.92 Å². The summed E-state index contributed by atoms with van der Waals surface area (Å²) in [6.07, 6.45) is 3.71. The molecule has 0 bridgehead atoms. The molecule has 146 valence electrons. The number of fused-ring (bicyclic) bond motifs is 2. The van der Waals surface area contributed by atoms with Crippen LogP contribution < -0.4 is 0 Å². The number of nitrogens with one attached hydrogen (secondary N) is 1. The van der Waals surface area contributed by atoms with Crippen molar-refractivity contribution in [2.45, 2.75) is 6.92 Å². The number of nitrogens with zero attached hydrogens (tertiary/aromatic N) is 4. The normalized spacial score (nSPS) is 11.6. The van der Waals surface area contributed by atoms with Gasteiger partial charge in [0.15, 0.2) is 5.82 Å². The molecule has 7 nitrogen and oxygen atoms in total. The summed E-state index contributed by atoms with van der Waals surface area (Å²) in [4.78, 5) is 23.7. The van der Waals surface area contributed by atoms with E-state index in [1.807, 2.05) is 66.2 Å². The van der Waals surface area contributed by atoms with E-state index in [1.54, 1.807) is 6.07 Å². The number of nitro benzene ring substituents is 1. The number of H-pyrrole nitrogens is 1. The lowest BCUT2D eigenvalue weighted by atomic mass is 10.1. The monoisotopic (exact) mass is 395 g/mol. The Morgan fingerprint density at radius 2 is 1.93 bits per heavy atom. The molecule has 5 aromatic rings. The van der Waals surface area contributed by atoms with Gasteiger partial charge in [0.25, 0.3) is 5.69 Å². The van der Waals surface area contributed by atoms with E-state index in [0.717, 1.165) is 27.8 Å². The van der Waals surface area contributed by atoms with Gasteiger partial charge in [-0.1, -0.05) is 36.4 Å². The third kappa shape index (κ3) is 2.93. The Bertz CT molecular complexity index is 1440. The van der Waals surface area contributed by atoms with Gasteiger partial charge in [0.1, 0.15) is 11.3 Å². The molecule has 0 aliphatic rings. The first-order valence-electron chi connectivity index (χ1n) is 9.45. The van der Waals surface area contributed by atoms with Crippen LogP contribution in [0.1, 0.15) is 11.3 Å². The average Bonchev–Trinajstić information content (AvgIpc) is 3.29. The van der Waals surface area contributed by atoms with Gasteiger partial charge in [-0.3, -0.25) is 14.5 Å². The molecule has 3 aromatic heterocycles. The summed E-state index contributed by atoms with van der Waals surface area (Å²) in [7, 11) is 0.